The Kier molecular flexibility index (Phi) is 2.97. The lowest BCUT2D eigenvalue weighted by Gasteiger charge is -2.14. The van der Waals surface area contributed by atoms with E-state index in [1.165, 1.54) is 19.3 Å². The molecule has 0 aliphatic heterocycles. The molecule has 3 atom stereocenters. The highest BCUT2D eigenvalue weighted by Gasteiger charge is 2.37. The minimum absolute atomic E-state index is 0.193. The molecule has 0 spiro atoms. The van der Waals surface area contributed by atoms with Crippen LogP contribution in [0.1, 0.15) is 49.7 Å². The highest BCUT2D eigenvalue weighted by Crippen LogP contribution is 2.47. The molecule has 0 saturated heterocycles. The van der Waals surface area contributed by atoms with Gasteiger partial charge >= 0.3 is 0 Å². The Morgan fingerprint density at radius 3 is 2.82 bits per heavy atom. The van der Waals surface area contributed by atoms with Crippen LogP contribution in [-0.4, -0.2) is 13.1 Å². The van der Waals surface area contributed by atoms with Crippen molar-refractivity contribution in [1.29, 1.82) is 0 Å². The molecule has 17 heavy (non-hydrogen) atoms. The summed E-state index contributed by atoms with van der Waals surface area (Å²) in [5.74, 6) is 4.50. The predicted molar refractivity (Wildman–Crippen MR) is 67.8 cm³/mol. The summed E-state index contributed by atoms with van der Waals surface area (Å²) in [6.45, 7) is 3.97. The molecular weight excluding hydrogens is 212 g/mol. The van der Waals surface area contributed by atoms with Crippen molar-refractivity contribution in [3.05, 3.63) is 23.7 Å². The van der Waals surface area contributed by atoms with E-state index in [4.69, 9.17) is 10.2 Å². The van der Waals surface area contributed by atoms with E-state index in [2.05, 4.69) is 24.4 Å². The van der Waals surface area contributed by atoms with Gasteiger partial charge in [0.15, 0.2) is 0 Å². The van der Waals surface area contributed by atoms with Crippen molar-refractivity contribution in [2.45, 2.75) is 38.1 Å². The summed E-state index contributed by atoms with van der Waals surface area (Å²) >= 11 is 0. The molecule has 0 aromatic carbocycles. The molecule has 2 saturated carbocycles. The molecule has 94 valence electrons. The number of hydrogen-bond donors (Lipinski definition) is 2. The molecule has 1 aromatic heterocycles. The molecule has 1 heterocycles. The van der Waals surface area contributed by atoms with Crippen LogP contribution in [0.15, 0.2) is 16.5 Å². The molecule has 3 nitrogen and oxygen atoms in total. The maximum Gasteiger partial charge on any atom is 0.122 e. The molecule has 1 aromatic rings. The summed E-state index contributed by atoms with van der Waals surface area (Å²) in [7, 11) is 0. The van der Waals surface area contributed by atoms with E-state index in [0.717, 1.165) is 29.9 Å². The van der Waals surface area contributed by atoms with E-state index >= 15 is 0 Å². The second-order valence-corrected chi connectivity index (χ2v) is 5.70. The molecule has 2 aliphatic rings. The lowest BCUT2D eigenvalue weighted by atomic mass is 10.2. The van der Waals surface area contributed by atoms with E-state index < -0.39 is 0 Å². The quantitative estimate of drug-likeness (QED) is 0.794. The number of nitrogens with two attached hydrogens (primary N) is 1. The molecule has 3 N–H and O–H groups in total. The van der Waals surface area contributed by atoms with Crippen LogP contribution in [0.4, 0.5) is 0 Å². The maximum atomic E-state index is 5.94. The minimum atomic E-state index is 0.193. The summed E-state index contributed by atoms with van der Waals surface area (Å²) in [6.07, 6.45) is 4.01. The smallest absolute Gasteiger partial charge is 0.122 e. The van der Waals surface area contributed by atoms with Crippen LogP contribution in [0.3, 0.4) is 0 Å². The molecule has 0 amide bonds. The van der Waals surface area contributed by atoms with Crippen molar-refractivity contribution in [2.24, 2.45) is 17.6 Å². The van der Waals surface area contributed by atoms with E-state index in [1.807, 2.05) is 0 Å². The van der Waals surface area contributed by atoms with Gasteiger partial charge in [0.25, 0.3) is 0 Å². The fourth-order valence-electron chi connectivity index (χ4n) is 2.40. The SMILES string of the molecule is CC1CC1c1ccc(C(CN)NCC2CC2)o1. The van der Waals surface area contributed by atoms with Gasteiger partial charge in [0, 0.05) is 12.5 Å². The first-order valence-electron chi connectivity index (χ1n) is 6.81. The maximum absolute atomic E-state index is 5.94. The van der Waals surface area contributed by atoms with Gasteiger partial charge in [-0.15, -0.1) is 0 Å². The second-order valence-electron chi connectivity index (χ2n) is 5.70. The summed E-state index contributed by atoms with van der Waals surface area (Å²) in [4.78, 5) is 0. The molecule has 3 heteroatoms. The first kappa shape index (κ1) is 11.3. The first-order valence-corrected chi connectivity index (χ1v) is 6.81. The summed E-state index contributed by atoms with van der Waals surface area (Å²) in [5.41, 5.74) is 5.82. The number of rotatable bonds is 6. The van der Waals surface area contributed by atoms with Crippen molar-refractivity contribution in [2.75, 3.05) is 13.1 Å². The van der Waals surface area contributed by atoms with Crippen LogP contribution in [0.2, 0.25) is 0 Å². The third kappa shape index (κ3) is 2.55. The van der Waals surface area contributed by atoms with Gasteiger partial charge in [-0.1, -0.05) is 6.92 Å². The van der Waals surface area contributed by atoms with Gasteiger partial charge in [-0.05, 0) is 49.8 Å². The summed E-state index contributed by atoms with van der Waals surface area (Å²) in [6, 6.07) is 4.42. The van der Waals surface area contributed by atoms with Crippen molar-refractivity contribution in [3.63, 3.8) is 0 Å². The van der Waals surface area contributed by atoms with E-state index in [-0.39, 0.29) is 6.04 Å². The predicted octanol–water partition coefficient (Wildman–Crippen LogP) is 2.40. The topological polar surface area (TPSA) is 51.2 Å². The van der Waals surface area contributed by atoms with E-state index in [0.29, 0.717) is 12.5 Å². The molecule has 2 aliphatic carbocycles. The monoisotopic (exact) mass is 234 g/mol. The zero-order chi connectivity index (χ0) is 11.8. The van der Waals surface area contributed by atoms with Crippen LogP contribution in [-0.2, 0) is 0 Å². The zero-order valence-electron chi connectivity index (χ0n) is 10.5. The number of nitrogens with one attached hydrogen (secondary N) is 1. The average molecular weight is 234 g/mol. The molecule has 0 radical (unpaired) electrons. The third-order valence-electron chi connectivity index (χ3n) is 4.05. The first-order chi connectivity index (χ1) is 8.28. The van der Waals surface area contributed by atoms with Gasteiger partial charge in [0.2, 0.25) is 0 Å². The van der Waals surface area contributed by atoms with Gasteiger partial charge in [0.05, 0.1) is 6.04 Å². The van der Waals surface area contributed by atoms with Crippen molar-refractivity contribution in [1.82, 2.24) is 5.32 Å². The summed E-state index contributed by atoms with van der Waals surface area (Å²) < 4.78 is 5.94. The van der Waals surface area contributed by atoms with Crippen molar-refractivity contribution in [3.8, 4) is 0 Å². The normalized spacial score (nSPS) is 29.3. The van der Waals surface area contributed by atoms with Crippen LogP contribution < -0.4 is 11.1 Å². The van der Waals surface area contributed by atoms with Crippen LogP contribution in [0.5, 0.6) is 0 Å². The fourth-order valence-corrected chi connectivity index (χ4v) is 2.40. The van der Waals surface area contributed by atoms with Crippen LogP contribution in [0, 0.1) is 11.8 Å². The Labute approximate surface area is 103 Å². The largest absolute Gasteiger partial charge is 0.464 e. The van der Waals surface area contributed by atoms with Gasteiger partial charge in [0.1, 0.15) is 11.5 Å². The third-order valence-corrected chi connectivity index (χ3v) is 4.05. The fraction of sp³-hybridized carbons (Fsp3) is 0.714. The molecule has 0 bridgehead atoms. The Morgan fingerprint density at radius 2 is 2.24 bits per heavy atom. The molecule has 2 fully saturated rings. The van der Waals surface area contributed by atoms with Crippen molar-refractivity contribution < 1.29 is 4.42 Å². The van der Waals surface area contributed by atoms with E-state index in [1.54, 1.807) is 0 Å². The second kappa shape index (κ2) is 4.46. The highest BCUT2D eigenvalue weighted by molar-refractivity contribution is 5.19. The number of hydrogen-bond acceptors (Lipinski definition) is 3. The van der Waals surface area contributed by atoms with Crippen LogP contribution in [0.25, 0.3) is 0 Å². The zero-order valence-corrected chi connectivity index (χ0v) is 10.5. The molecule has 3 unspecified atom stereocenters. The Hall–Kier alpha value is -0.800. The van der Waals surface area contributed by atoms with Gasteiger partial charge in [-0.2, -0.15) is 0 Å². The molecular formula is C14H22N2O. The number of furan rings is 1. The Morgan fingerprint density at radius 1 is 1.47 bits per heavy atom. The van der Waals surface area contributed by atoms with E-state index in [9.17, 15) is 0 Å². The Bertz CT molecular complexity index is 383. The standard InChI is InChI=1S/C14H22N2O/c1-9-6-11(9)13-4-5-14(17-13)12(7-15)16-8-10-2-3-10/h4-5,9-12,16H,2-3,6-8,15H2,1H3. The van der Waals surface area contributed by atoms with Crippen LogP contribution >= 0.6 is 0 Å². The minimum Gasteiger partial charge on any atom is -0.464 e. The van der Waals surface area contributed by atoms with Crippen molar-refractivity contribution >= 4 is 0 Å². The average Bonchev–Trinajstić information content (AvgIpc) is 3.22. The lowest BCUT2D eigenvalue weighted by molar-refractivity contribution is 0.390. The molecule has 3 rings (SSSR count). The van der Waals surface area contributed by atoms with Gasteiger partial charge in [-0.25, -0.2) is 0 Å². The summed E-state index contributed by atoms with van der Waals surface area (Å²) in [5, 5.41) is 3.51. The van der Waals surface area contributed by atoms with Gasteiger partial charge in [-0.3, -0.25) is 0 Å². The van der Waals surface area contributed by atoms with Gasteiger partial charge < -0.3 is 15.5 Å². The lowest BCUT2D eigenvalue weighted by Crippen LogP contribution is -2.29. The Balaban J connectivity index is 1.61. The highest BCUT2D eigenvalue weighted by atomic mass is 16.3.